The molecule has 7 nitrogen and oxygen atoms in total. The molecule has 12 heteroatoms. The number of anilines is 1. The van der Waals surface area contributed by atoms with Crippen LogP contribution >= 0.6 is 46.4 Å². The molecule has 0 aliphatic heterocycles. The van der Waals surface area contributed by atoms with Gasteiger partial charge in [-0.15, -0.1) is 0 Å². The van der Waals surface area contributed by atoms with Crippen LogP contribution in [-0.4, -0.2) is 43.8 Å². The van der Waals surface area contributed by atoms with Crippen LogP contribution in [0.3, 0.4) is 0 Å². The summed E-state index contributed by atoms with van der Waals surface area (Å²) in [6, 6.07) is 15.6. The molecule has 0 fully saturated rings. The number of carbonyl (C=O) groups is 2. The maximum absolute atomic E-state index is 13.9. The lowest BCUT2D eigenvalue weighted by Crippen LogP contribution is -2.52. The normalized spacial score (nSPS) is 12.2. The Bertz CT molecular complexity index is 1430. The van der Waals surface area contributed by atoms with E-state index in [1.807, 2.05) is 0 Å². The first-order valence-electron chi connectivity index (χ1n) is 11.9. The molecule has 1 N–H and O–H groups in total. The number of benzene rings is 3. The fourth-order valence-electron chi connectivity index (χ4n) is 3.75. The van der Waals surface area contributed by atoms with E-state index < -0.39 is 34.4 Å². The monoisotopic (exact) mass is 629 g/mol. The summed E-state index contributed by atoms with van der Waals surface area (Å²) in [5, 5.41) is 3.87. The fourth-order valence-corrected chi connectivity index (χ4v) is 6.15. The Labute approximate surface area is 248 Å². The van der Waals surface area contributed by atoms with Crippen LogP contribution in [0.2, 0.25) is 20.1 Å². The molecule has 0 aromatic heterocycles. The van der Waals surface area contributed by atoms with Gasteiger partial charge in [-0.3, -0.25) is 13.9 Å². The summed E-state index contributed by atoms with van der Waals surface area (Å²) < 4.78 is 28.5. The van der Waals surface area contributed by atoms with Crippen molar-refractivity contribution in [3.63, 3.8) is 0 Å². The minimum absolute atomic E-state index is 0.0354. The highest BCUT2D eigenvalue weighted by Gasteiger charge is 2.33. The molecule has 3 rings (SSSR count). The first-order chi connectivity index (χ1) is 18.3. The zero-order valence-corrected chi connectivity index (χ0v) is 25.2. The van der Waals surface area contributed by atoms with Gasteiger partial charge in [0, 0.05) is 32.7 Å². The van der Waals surface area contributed by atoms with Gasteiger partial charge in [0.1, 0.15) is 12.6 Å². The van der Waals surface area contributed by atoms with Crippen molar-refractivity contribution in [2.75, 3.05) is 10.8 Å². The number of nitrogens with zero attached hydrogens (tertiary/aromatic N) is 2. The van der Waals surface area contributed by atoms with Crippen LogP contribution in [0.5, 0.6) is 0 Å². The quantitative estimate of drug-likeness (QED) is 0.279. The Hall–Kier alpha value is -2.49. The van der Waals surface area contributed by atoms with Crippen LogP contribution in [0, 0.1) is 0 Å². The summed E-state index contributed by atoms with van der Waals surface area (Å²) >= 11 is 24.8. The van der Waals surface area contributed by atoms with Gasteiger partial charge in [0.15, 0.2) is 0 Å². The topological polar surface area (TPSA) is 86.8 Å². The SMILES string of the molecule is CC(C)NC(=O)[C@H](C)N(Cc1ccc(Cl)cc1Cl)C(=O)CN(c1cc(Cl)cc(Cl)c1)S(=O)(=O)c1ccccc1. The van der Waals surface area contributed by atoms with Crippen LogP contribution in [0.1, 0.15) is 26.3 Å². The molecule has 3 aromatic carbocycles. The van der Waals surface area contributed by atoms with Crippen molar-refractivity contribution < 1.29 is 18.0 Å². The maximum atomic E-state index is 13.9. The molecule has 0 saturated carbocycles. The third-order valence-corrected chi connectivity index (χ3v) is 8.51. The van der Waals surface area contributed by atoms with E-state index in [4.69, 9.17) is 46.4 Å². The van der Waals surface area contributed by atoms with E-state index >= 15 is 0 Å². The van der Waals surface area contributed by atoms with E-state index in [0.717, 1.165) is 4.31 Å². The molecular weight excluding hydrogens is 604 g/mol. The zero-order chi connectivity index (χ0) is 28.9. The lowest BCUT2D eigenvalue weighted by molar-refractivity contribution is -0.139. The average Bonchev–Trinajstić information content (AvgIpc) is 2.85. The summed E-state index contributed by atoms with van der Waals surface area (Å²) in [7, 11) is -4.24. The van der Waals surface area contributed by atoms with Crippen molar-refractivity contribution in [3.8, 4) is 0 Å². The van der Waals surface area contributed by atoms with Crippen LogP contribution in [0.15, 0.2) is 71.6 Å². The minimum Gasteiger partial charge on any atom is -0.352 e. The highest BCUT2D eigenvalue weighted by atomic mass is 35.5. The van der Waals surface area contributed by atoms with Gasteiger partial charge in [-0.1, -0.05) is 70.7 Å². The molecule has 0 radical (unpaired) electrons. The second-order valence-electron chi connectivity index (χ2n) is 9.05. The molecule has 2 amide bonds. The summed E-state index contributed by atoms with van der Waals surface area (Å²) in [4.78, 5) is 28.1. The molecule has 0 aliphatic rings. The van der Waals surface area contributed by atoms with Gasteiger partial charge >= 0.3 is 0 Å². The predicted octanol–water partition coefficient (Wildman–Crippen LogP) is 6.44. The largest absolute Gasteiger partial charge is 0.352 e. The third-order valence-electron chi connectivity index (χ3n) is 5.70. The van der Waals surface area contributed by atoms with Crippen molar-refractivity contribution in [3.05, 3.63) is 92.4 Å². The van der Waals surface area contributed by atoms with Gasteiger partial charge < -0.3 is 10.2 Å². The van der Waals surface area contributed by atoms with Crippen LogP contribution in [0.25, 0.3) is 0 Å². The standard InChI is InChI=1S/C27H27Cl4N3O4S/c1-17(2)32-27(36)18(3)33(15-19-9-10-20(28)14-25(19)31)26(35)16-34(23-12-21(29)11-22(30)13-23)39(37,38)24-7-5-4-6-8-24/h4-14,17-18H,15-16H2,1-3H3,(H,32,36)/t18-/m0/s1. The Morgan fingerprint density at radius 2 is 1.46 bits per heavy atom. The molecule has 1 atom stereocenters. The highest BCUT2D eigenvalue weighted by Crippen LogP contribution is 2.30. The first kappa shape index (κ1) is 31.0. The molecule has 0 heterocycles. The van der Waals surface area contributed by atoms with Gasteiger partial charge in [0.05, 0.1) is 10.6 Å². The minimum atomic E-state index is -4.24. The highest BCUT2D eigenvalue weighted by molar-refractivity contribution is 7.92. The number of carbonyl (C=O) groups excluding carboxylic acids is 2. The molecule has 3 aromatic rings. The molecule has 0 bridgehead atoms. The third kappa shape index (κ3) is 8.02. The second-order valence-corrected chi connectivity index (χ2v) is 12.6. The van der Waals surface area contributed by atoms with E-state index in [1.165, 1.54) is 41.3 Å². The molecule has 208 valence electrons. The van der Waals surface area contributed by atoms with Gasteiger partial charge in [-0.25, -0.2) is 8.42 Å². The van der Waals surface area contributed by atoms with E-state index in [1.54, 1.807) is 51.1 Å². The molecule has 0 saturated heterocycles. The summed E-state index contributed by atoms with van der Waals surface area (Å²) in [5.41, 5.74) is 0.621. The first-order valence-corrected chi connectivity index (χ1v) is 14.8. The van der Waals surface area contributed by atoms with E-state index in [0.29, 0.717) is 15.6 Å². The Morgan fingerprint density at radius 1 is 0.846 bits per heavy atom. The van der Waals surface area contributed by atoms with Crippen molar-refractivity contribution in [1.29, 1.82) is 0 Å². The Morgan fingerprint density at radius 3 is 2.03 bits per heavy atom. The second kappa shape index (κ2) is 13.2. The van der Waals surface area contributed by atoms with Gasteiger partial charge in [0.2, 0.25) is 11.8 Å². The zero-order valence-electron chi connectivity index (χ0n) is 21.4. The number of amides is 2. The molecule has 0 spiro atoms. The smallest absolute Gasteiger partial charge is 0.264 e. The lowest BCUT2D eigenvalue weighted by Gasteiger charge is -2.32. The van der Waals surface area contributed by atoms with Crippen molar-refractivity contribution in [2.24, 2.45) is 0 Å². The number of nitrogens with one attached hydrogen (secondary N) is 1. The van der Waals surface area contributed by atoms with Crippen molar-refractivity contribution in [1.82, 2.24) is 10.2 Å². The Balaban J connectivity index is 2.07. The molecule has 39 heavy (non-hydrogen) atoms. The summed E-state index contributed by atoms with van der Waals surface area (Å²) in [6.45, 7) is 4.44. The van der Waals surface area contributed by atoms with E-state index in [-0.39, 0.29) is 33.2 Å². The number of sulfonamides is 1. The van der Waals surface area contributed by atoms with Crippen LogP contribution in [0.4, 0.5) is 5.69 Å². The van der Waals surface area contributed by atoms with Crippen molar-refractivity contribution in [2.45, 2.75) is 44.3 Å². The average molecular weight is 631 g/mol. The molecule has 0 unspecified atom stereocenters. The molecule has 0 aliphatic carbocycles. The van der Waals surface area contributed by atoms with Crippen LogP contribution in [-0.2, 0) is 26.2 Å². The number of rotatable bonds is 10. The van der Waals surface area contributed by atoms with E-state index in [2.05, 4.69) is 5.32 Å². The number of hydrogen-bond acceptors (Lipinski definition) is 4. The number of hydrogen-bond donors (Lipinski definition) is 1. The molecular formula is C27H27Cl4N3O4S. The number of halogens is 4. The predicted molar refractivity (Wildman–Crippen MR) is 157 cm³/mol. The van der Waals surface area contributed by atoms with Crippen molar-refractivity contribution >= 4 is 73.9 Å². The lowest BCUT2D eigenvalue weighted by atomic mass is 10.1. The van der Waals surface area contributed by atoms with E-state index in [9.17, 15) is 18.0 Å². The van der Waals surface area contributed by atoms with Crippen LogP contribution < -0.4 is 9.62 Å². The fraction of sp³-hybridized carbons (Fsp3) is 0.259. The van der Waals surface area contributed by atoms with Gasteiger partial charge in [-0.05, 0) is 68.8 Å². The summed E-state index contributed by atoms with van der Waals surface area (Å²) in [6.07, 6.45) is 0. The Kier molecular flexibility index (Phi) is 10.5. The maximum Gasteiger partial charge on any atom is 0.264 e. The van der Waals surface area contributed by atoms with Gasteiger partial charge in [-0.2, -0.15) is 0 Å². The van der Waals surface area contributed by atoms with Gasteiger partial charge in [0.25, 0.3) is 10.0 Å². The summed E-state index contributed by atoms with van der Waals surface area (Å²) in [5.74, 6) is -1.06.